The molecule has 0 aromatic heterocycles. The number of hydrogen-bond donors (Lipinski definition) is 1. The first-order valence-electron chi connectivity index (χ1n) is 12.3. The van der Waals surface area contributed by atoms with Crippen LogP contribution in [0, 0.1) is 5.92 Å². The highest BCUT2D eigenvalue weighted by Crippen LogP contribution is 2.37. The lowest BCUT2D eigenvalue weighted by Crippen LogP contribution is -2.50. The van der Waals surface area contributed by atoms with Gasteiger partial charge in [-0.3, -0.25) is 9.69 Å². The Kier molecular flexibility index (Phi) is 7.58. The smallest absolute Gasteiger partial charge is 0.334 e. The number of piperazine rings is 1. The molecule has 1 saturated carbocycles. The fourth-order valence-corrected chi connectivity index (χ4v) is 5.33. The highest BCUT2D eigenvalue weighted by Gasteiger charge is 2.44. The second kappa shape index (κ2) is 10.6. The van der Waals surface area contributed by atoms with Crippen LogP contribution >= 0.6 is 0 Å². The second-order valence-corrected chi connectivity index (χ2v) is 9.63. The minimum Gasteiger partial charge on any atom is -0.497 e. The molecule has 2 N–H and O–H groups in total. The van der Waals surface area contributed by atoms with Crippen LogP contribution in [0.5, 0.6) is 5.75 Å². The Bertz CT molecular complexity index is 868. The number of carbonyl (C=O) groups excluding carboxylic acids is 2. The van der Waals surface area contributed by atoms with Crippen LogP contribution in [0.15, 0.2) is 35.9 Å². The number of amides is 1. The van der Waals surface area contributed by atoms with Gasteiger partial charge in [0.15, 0.2) is 5.60 Å². The molecule has 1 aromatic carbocycles. The lowest BCUT2D eigenvalue weighted by molar-refractivity contribution is -0.168. The molecule has 1 saturated heterocycles. The summed E-state index contributed by atoms with van der Waals surface area (Å²) in [5, 5.41) is 0. The third kappa shape index (κ3) is 5.69. The van der Waals surface area contributed by atoms with Gasteiger partial charge in [-0.25, -0.2) is 4.79 Å². The van der Waals surface area contributed by atoms with Crippen molar-refractivity contribution in [3.05, 3.63) is 35.9 Å². The van der Waals surface area contributed by atoms with Gasteiger partial charge >= 0.3 is 5.97 Å². The molecular formula is C26H37N3O4. The average molecular weight is 456 g/mol. The van der Waals surface area contributed by atoms with Gasteiger partial charge < -0.3 is 20.1 Å². The minimum atomic E-state index is -1.13. The summed E-state index contributed by atoms with van der Waals surface area (Å²) in [5.74, 6) is 0.586. The maximum atomic E-state index is 12.5. The van der Waals surface area contributed by atoms with E-state index in [0.29, 0.717) is 24.3 Å². The van der Waals surface area contributed by atoms with Gasteiger partial charge in [0.25, 0.3) is 5.91 Å². The summed E-state index contributed by atoms with van der Waals surface area (Å²) < 4.78 is 11.1. The highest BCUT2D eigenvalue weighted by molar-refractivity contribution is 5.93. The van der Waals surface area contributed by atoms with Crippen molar-refractivity contribution < 1.29 is 19.1 Å². The molecule has 0 atom stereocenters. The number of anilines is 1. The van der Waals surface area contributed by atoms with Crippen LogP contribution in [0.1, 0.15) is 51.4 Å². The number of allylic oxidation sites excluding steroid dienone is 1. The number of hydrogen-bond acceptors (Lipinski definition) is 6. The molecule has 180 valence electrons. The Morgan fingerprint density at radius 3 is 2.55 bits per heavy atom. The Morgan fingerprint density at radius 2 is 1.91 bits per heavy atom. The summed E-state index contributed by atoms with van der Waals surface area (Å²) in [5.41, 5.74) is 6.50. The molecule has 1 aliphatic heterocycles. The Morgan fingerprint density at radius 1 is 1.15 bits per heavy atom. The summed E-state index contributed by atoms with van der Waals surface area (Å²) in [6, 6.07) is 8.25. The summed E-state index contributed by atoms with van der Waals surface area (Å²) in [6.07, 6.45) is 8.47. The van der Waals surface area contributed by atoms with E-state index >= 15 is 0 Å². The number of carbonyl (C=O) groups is 2. The molecule has 3 aliphatic rings. The number of benzene rings is 1. The van der Waals surface area contributed by atoms with Crippen molar-refractivity contribution in [3.8, 4) is 5.75 Å². The fourth-order valence-electron chi connectivity index (χ4n) is 5.33. The predicted octanol–water partition coefficient (Wildman–Crippen LogP) is 3.28. The molecule has 1 aromatic rings. The van der Waals surface area contributed by atoms with E-state index in [9.17, 15) is 9.59 Å². The quantitative estimate of drug-likeness (QED) is 0.606. The van der Waals surface area contributed by atoms with Gasteiger partial charge in [-0.05, 0) is 76.0 Å². The standard InChI is InChI=1S/C26H37N3O4/c1-32-23-8-4-7-22(19-23)29-17-15-28(16-18-29)14-11-20-9-12-26(13-10-20,25(27)31)33-24(30)21-5-2-3-6-21/h4-5,7-8,19-20H,2-3,6,9-18H2,1H3,(H2,27,31). The molecule has 0 unspecified atom stereocenters. The van der Waals surface area contributed by atoms with Crippen LogP contribution in [-0.2, 0) is 14.3 Å². The third-order valence-corrected chi connectivity index (χ3v) is 7.60. The molecule has 0 spiro atoms. The van der Waals surface area contributed by atoms with Gasteiger partial charge in [0.2, 0.25) is 0 Å². The molecule has 7 heteroatoms. The summed E-state index contributed by atoms with van der Waals surface area (Å²) in [4.78, 5) is 29.7. The van der Waals surface area contributed by atoms with E-state index in [2.05, 4.69) is 21.9 Å². The van der Waals surface area contributed by atoms with Crippen molar-refractivity contribution in [1.29, 1.82) is 0 Å². The lowest BCUT2D eigenvalue weighted by Gasteiger charge is -2.39. The van der Waals surface area contributed by atoms with E-state index in [1.54, 1.807) is 7.11 Å². The van der Waals surface area contributed by atoms with Crippen LogP contribution in [0.4, 0.5) is 5.69 Å². The Labute approximate surface area is 196 Å². The first kappa shape index (κ1) is 23.6. The summed E-state index contributed by atoms with van der Waals surface area (Å²) >= 11 is 0. The van der Waals surface area contributed by atoms with E-state index in [-0.39, 0.29) is 5.97 Å². The van der Waals surface area contributed by atoms with Crippen molar-refractivity contribution in [3.63, 3.8) is 0 Å². The van der Waals surface area contributed by atoms with Crippen molar-refractivity contribution in [2.75, 3.05) is 44.7 Å². The normalized spacial score (nSPS) is 26.0. The molecule has 1 heterocycles. The van der Waals surface area contributed by atoms with Crippen LogP contribution in [0.25, 0.3) is 0 Å². The Hall–Kier alpha value is -2.54. The van der Waals surface area contributed by atoms with Crippen molar-refractivity contribution in [2.45, 2.75) is 57.0 Å². The van der Waals surface area contributed by atoms with Crippen LogP contribution in [-0.4, -0.2) is 62.2 Å². The Balaban J connectivity index is 1.21. The third-order valence-electron chi connectivity index (χ3n) is 7.60. The van der Waals surface area contributed by atoms with Gasteiger partial charge in [-0.15, -0.1) is 0 Å². The van der Waals surface area contributed by atoms with Gasteiger partial charge in [-0.2, -0.15) is 0 Å². The van der Waals surface area contributed by atoms with E-state index in [4.69, 9.17) is 15.2 Å². The number of nitrogens with zero attached hydrogens (tertiary/aromatic N) is 2. The zero-order valence-corrected chi connectivity index (χ0v) is 19.8. The van der Waals surface area contributed by atoms with Gasteiger partial charge in [0.05, 0.1) is 7.11 Å². The first-order chi connectivity index (χ1) is 16.0. The molecular weight excluding hydrogens is 418 g/mol. The number of methoxy groups -OCH3 is 1. The topological polar surface area (TPSA) is 85.1 Å². The van der Waals surface area contributed by atoms with Crippen molar-refractivity contribution >= 4 is 17.6 Å². The summed E-state index contributed by atoms with van der Waals surface area (Å²) in [7, 11) is 1.70. The maximum Gasteiger partial charge on any atom is 0.334 e. The number of esters is 1. The van der Waals surface area contributed by atoms with E-state index in [1.165, 1.54) is 5.69 Å². The molecule has 0 bridgehead atoms. The minimum absolute atomic E-state index is 0.348. The van der Waals surface area contributed by atoms with Crippen molar-refractivity contribution in [2.24, 2.45) is 11.7 Å². The molecule has 7 nitrogen and oxygen atoms in total. The molecule has 2 aliphatic carbocycles. The van der Waals surface area contributed by atoms with Crippen LogP contribution < -0.4 is 15.4 Å². The van der Waals surface area contributed by atoms with Crippen LogP contribution in [0.2, 0.25) is 0 Å². The van der Waals surface area contributed by atoms with E-state index < -0.39 is 11.5 Å². The van der Waals surface area contributed by atoms with E-state index in [1.807, 2.05) is 18.2 Å². The van der Waals surface area contributed by atoms with Gasteiger partial charge in [-0.1, -0.05) is 12.1 Å². The largest absolute Gasteiger partial charge is 0.497 e. The molecule has 2 fully saturated rings. The first-order valence-corrected chi connectivity index (χ1v) is 12.3. The van der Waals surface area contributed by atoms with Gasteiger partial charge in [0, 0.05) is 43.5 Å². The number of primary amides is 1. The van der Waals surface area contributed by atoms with Gasteiger partial charge in [0.1, 0.15) is 5.75 Å². The number of ether oxygens (including phenoxy) is 2. The molecule has 4 rings (SSSR count). The van der Waals surface area contributed by atoms with E-state index in [0.717, 1.165) is 77.0 Å². The fraction of sp³-hybridized carbons (Fsp3) is 0.615. The number of rotatable bonds is 8. The zero-order chi connectivity index (χ0) is 23.3. The lowest BCUT2D eigenvalue weighted by atomic mass is 9.77. The predicted molar refractivity (Wildman–Crippen MR) is 128 cm³/mol. The molecule has 0 radical (unpaired) electrons. The van der Waals surface area contributed by atoms with Crippen molar-refractivity contribution in [1.82, 2.24) is 4.90 Å². The number of nitrogens with two attached hydrogens (primary N) is 1. The zero-order valence-electron chi connectivity index (χ0n) is 19.8. The SMILES string of the molecule is COc1cccc(N2CCN(CCC3CCC(OC(=O)C4=CCCC4)(C(N)=O)CC3)CC2)c1. The highest BCUT2D eigenvalue weighted by atomic mass is 16.6. The monoisotopic (exact) mass is 455 g/mol. The average Bonchev–Trinajstić information content (AvgIpc) is 3.39. The van der Waals surface area contributed by atoms with Crippen LogP contribution in [0.3, 0.4) is 0 Å². The summed E-state index contributed by atoms with van der Waals surface area (Å²) in [6.45, 7) is 5.17. The maximum absolute atomic E-state index is 12.5. The second-order valence-electron chi connectivity index (χ2n) is 9.63. The molecule has 33 heavy (non-hydrogen) atoms. The molecule has 1 amide bonds.